The maximum absolute atomic E-state index is 13.7. The first-order valence-electron chi connectivity index (χ1n) is 12.4. The van der Waals surface area contributed by atoms with E-state index >= 15 is 0 Å². The number of carbonyl (C=O) groups excluding carboxylic acids is 2. The fraction of sp³-hybridized carbons (Fsp3) is 0.226. The number of carbonyl (C=O) groups is 2. The fourth-order valence-electron chi connectivity index (χ4n) is 5.26. The maximum atomic E-state index is 13.7. The first kappa shape index (κ1) is 24.8. The Balaban J connectivity index is 1.45. The highest BCUT2D eigenvalue weighted by atomic mass is 35.5. The lowest BCUT2D eigenvalue weighted by molar-refractivity contribution is -0.139. The van der Waals surface area contributed by atoms with Crippen molar-refractivity contribution in [3.05, 3.63) is 123 Å². The number of phenolic OH excluding ortho intramolecular Hbond substituents is 1. The molecular weight excluding hydrogens is 486 g/mol. The van der Waals surface area contributed by atoms with Gasteiger partial charge in [0, 0.05) is 40.7 Å². The summed E-state index contributed by atoms with van der Waals surface area (Å²) in [7, 11) is 0. The van der Waals surface area contributed by atoms with E-state index in [4.69, 9.17) is 16.3 Å². The quantitative estimate of drug-likeness (QED) is 0.384. The lowest BCUT2D eigenvalue weighted by Gasteiger charge is -2.36. The number of dihydropyridines is 1. The first-order valence-corrected chi connectivity index (χ1v) is 12.8. The molecule has 0 aromatic heterocycles. The van der Waals surface area contributed by atoms with Crippen molar-refractivity contribution in [1.29, 1.82) is 0 Å². The number of hydrogen-bond donors (Lipinski definition) is 2. The van der Waals surface area contributed by atoms with Crippen molar-refractivity contribution in [2.45, 2.75) is 38.0 Å². The second-order valence-corrected chi connectivity index (χ2v) is 9.97. The molecule has 0 saturated carbocycles. The van der Waals surface area contributed by atoms with Crippen molar-refractivity contribution in [1.82, 2.24) is 5.32 Å². The third-order valence-corrected chi connectivity index (χ3v) is 7.33. The van der Waals surface area contributed by atoms with Crippen molar-refractivity contribution >= 4 is 23.4 Å². The molecule has 188 valence electrons. The number of Topliss-reactive ketones (excluding diaryl/α,β-unsaturated/α-hetero) is 1. The van der Waals surface area contributed by atoms with E-state index in [2.05, 4.69) is 5.32 Å². The molecule has 1 aliphatic carbocycles. The van der Waals surface area contributed by atoms with Gasteiger partial charge in [-0.15, -0.1) is 0 Å². The van der Waals surface area contributed by atoms with Gasteiger partial charge in [-0.3, -0.25) is 4.79 Å². The van der Waals surface area contributed by atoms with E-state index in [9.17, 15) is 14.7 Å². The average molecular weight is 514 g/mol. The van der Waals surface area contributed by atoms with E-state index in [1.807, 2.05) is 61.5 Å². The highest BCUT2D eigenvalue weighted by molar-refractivity contribution is 6.30. The summed E-state index contributed by atoms with van der Waals surface area (Å²) in [5.74, 6) is -0.882. The SMILES string of the molecule is CC1=C(C(=O)OCCc2ccccc2)[C@H](c2ccc(O)cc2)C2=C(C[C@@H](c3ccc(Cl)cc3)CC2=O)N1. The zero-order chi connectivity index (χ0) is 25.9. The molecule has 0 bridgehead atoms. The average Bonchev–Trinajstić information content (AvgIpc) is 2.89. The van der Waals surface area contributed by atoms with Crippen LogP contribution in [-0.2, 0) is 20.7 Å². The van der Waals surface area contributed by atoms with Crippen molar-refractivity contribution in [2.75, 3.05) is 6.61 Å². The Morgan fingerprint density at radius 1 is 0.973 bits per heavy atom. The summed E-state index contributed by atoms with van der Waals surface area (Å²) < 4.78 is 5.72. The molecule has 0 amide bonds. The number of hydrogen-bond acceptors (Lipinski definition) is 5. The molecule has 3 aromatic carbocycles. The van der Waals surface area contributed by atoms with E-state index in [1.165, 1.54) is 0 Å². The maximum Gasteiger partial charge on any atom is 0.336 e. The molecule has 2 N–H and O–H groups in total. The van der Waals surface area contributed by atoms with Gasteiger partial charge in [0.05, 0.1) is 12.2 Å². The zero-order valence-electron chi connectivity index (χ0n) is 20.5. The molecule has 6 heteroatoms. The van der Waals surface area contributed by atoms with E-state index in [1.54, 1.807) is 24.3 Å². The van der Waals surface area contributed by atoms with E-state index in [-0.39, 0.29) is 24.1 Å². The summed E-state index contributed by atoms with van der Waals surface area (Å²) in [6, 6.07) is 24.1. The normalized spacial score (nSPS) is 19.4. The molecule has 1 heterocycles. The highest BCUT2D eigenvalue weighted by Crippen LogP contribution is 2.46. The summed E-state index contributed by atoms with van der Waals surface area (Å²) >= 11 is 6.07. The lowest BCUT2D eigenvalue weighted by Crippen LogP contribution is -2.36. The van der Waals surface area contributed by atoms with Gasteiger partial charge < -0.3 is 15.2 Å². The molecule has 3 aromatic rings. The summed E-state index contributed by atoms with van der Waals surface area (Å²) in [5, 5.41) is 13.9. The predicted octanol–water partition coefficient (Wildman–Crippen LogP) is 6.19. The molecule has 1 aliphatic heterocycles. The summed E-state index contributed by atoms with van der Waals surface area (Å²) in [6.07, 6.45) is 1.59. The third kappa shape index (κ3) is 5.32. The number of nitrogens with one attached hydrogen (secondary N) is 1. The summed E-state index contributed by atoms with van der Waals surface area (Å²) in [4.78, 5) is 27.1. The Morgan fingerprint density at radius 3 is 2.35 bits per heavy atom. The van der Waals surface area contributed by atoms with Gasteiger partial charge in [0.2, 0.25) is 0 Å². The van der Waals surface area contributed by atoms with Gasteiger partial charge >= 0.3 is 5.97 Å². The number of rotatable bonds is 6. The monoisotopic (exact) mass is 513 g/mol. The van der Waals surface area contributed by atoms with Gasteiger partial charge in [0.15, 0.2) is 5.78 Å². The van der Waals surface area contributed by atoms with Crippen molar-refractivity contribution in [3.63, 3.8) is 0 Å². The number of ketones is 1. The second kappa shape index (κ2) is 10.7. The molecule has 2 atom stereocenters. The number of aromatic hydroxyl groups is 1. The number of benzene rings is 3. The fourth-order valence-corrected chi connectivity index (χ4v) is 5.39. The number of allylic oxidation sites excluding steroid dienone is 3. The molecule has 0 saturated heterocycles. The Labute approximate surface area is 221 Å². The molecule has 0 fully saturated rings. The van der Waals surface area contributed by atoms with Gasteiger partial charge in [-0.25, -0.2) is 4.79 Å². The van der Waals surface area contributed by atoms with Gasteiger partial charge in [-0.1, -0.05) is 66.2 Å². The Bertz CT molecular complexity index is 1370. The summed E-state index contributed by atoms with van der Waals surface area (Å²) in [5.41, 5.74) is 5.42. The smallest absolute Gasteiger partial charge is 0.336 e. The first-order chi connectivity index (χ1) is 17.9. The van der Waals surface area contributed by atoms with Crippen LogP contribution in [0, 0.1) is 0 Å². The topological polar surface area (TPSA) is 75.6 Å². The van der Waals surface area contributed by atoms with Crippen LogP contribution < -0.4 is 5.32 Å². The number of esters is 1. The minimum absolute atomic E-state index is 0.00568. The number of halogens is 1. The van der Waals surface area contributed by atoms with Crippen LogP contribution >= 0.6 is 11.6 Å². The minimum atomic E-state index is -0.570. The highest BCUT2D eigenvalue weighted by Gasteiger charge is 2.41. The third-order valence-electron chi connectivity index (χ3n) is 7.08. The van der Waals surface area contributed by atoms with Crippen molar-refractivity contribution in [2.24, 2.45) is 0 Å². The summed E-state index contributed by atoms with van der Waals surface area (Å²) in [6.45, 7) is 2.09. The zero-order valence-corrected chi connectivity index (χ0v) is 21.3. The van der Waals surface area contributed by atoms with Gasteiger partial charge in [-0.2, -0.15) is 0 Å². The second-order valence-electron chi connectivity index (χ2n) is 9.53. The number of ether oxygens (including phenoxy) is 1. The van der Waals surface area contributed by atoms with Crippen LogP contribution in [0.5, 0.6) is 5.75 Å². The Hall–Kier alpha value is -3.83. The van der Waals surface area contributed by atoms with E-state index in [0.717, 1.165) is 22.4 Å². The molecular formula is C31H28ClNO4. The molecule has 0 spiro atoms. The molecule has 37 heavy (non-hydrogen) atoms. The van der Waals surface area contributed by atoms with Gasteiger partial charge in [-0.05, 0) is 60.2 Å². The molecule has 5 nitrogen and oxygen atoms in total. The Kier molecular flexibility index (Phi) is 7.15. The van der Waals surface area contributed by atoms with Crippen LogP contribution in [0.1, 0.15) is 48.3 Å². The molecule has 5 rings (SSSR count). The molecule has 2 aliphatic rings. The van der Waals surface area contributed by atoms with Crippen LogP contribution in [0.3, 0.4) is 0 Å². The van der Waals surface area contributed by atoms with Crippen molar-refractivity contribution < 1.29 is 19.4 Å². The standard InChI is InChI=1S/C31H28ClNO4/c1-19-28(31(36)37-16-15-20-5-3-2-4-6-20)29(22-9-13-25(34)14-10-22)30-26(33-19)17-23(18-27(30)35)21-7-11-24(32)12-8-21/h2-14,23,29,33-34H,15-18H2,1H3/t23-,29+/m1/s1. The van der Waals surface area contributed by atoms with Crippen LogP contribution in [0.4, 0.5) is 0 Å². The Morgan fingerprint density at radius 2 is 1.65 bits per heavy atom. The predicted molar refractivity (Wildman–Crippen MR) is 143 cm³/mol. The molecule has 0 radical (unpaired) electrons. The number of phenols is 1. The van der Waals surface area contributed by atoms with Crippen molar-refractivity contribution in [3.8, 4) is 5.75 Å². The minimum Gasteiger partial charge on any atom is -0.508 e. The van der Waals surface area contributed by atoms with Crippen LogP contribution in [-0.4, -0.2) is 23.5 Å². The molecule has 0 unspecified atom stereocenters. The van der Waals surface area contributed by atoms with Gasteiger partial charge in [0.25, 0.3) is 0 Å². The van der Waals surface area contributed by atoms with Crippen LogP contribution in [0.2, 0.25) is 5.02 Å². The van der Waals surface area contributed by atoms with E-state index < -0.39 is 11.9 Å². The van der Waals surface area contributed by atoms with Gasteiger partial charge in [0.1, 0.15) is 5.75 Å². The van der Waals surface area contributed by atoms with Crippen LogP contribution in [0.15, 0.2) is 101 Å². The largest absolute Gasteiger partial charge is 0.508 e. The van der Waals surface area contributed by atoms with Crippen LogP contribution in [0.25, 0.3) is 0 Å². The lowest BCUT2D eigenvalue weighted by atomic mass is 9.72. The van der Waals surface area contributed by atoms with E-state index in [0.29, 0.717) is 41.1 Å².